The van der Waals surface area contributed by atoms with E-state index in [1.807, 2.05) is 11.9 Å². The number of carbonyl (C=O) groups excluding carboxylic acids is 1. The number of hydrogen-bond donors (Lipinski definition) is 1. The van der Waals surface area contributed by atoms with Gasteiger partial charge in [0, 0.05) is 32.2 Å². The molecule has 1 heterocycles. The Morgan fingerprint density at radius 3 is 3.06 bits per heavy atom. The molecule has 0 aromatic rings. The van der Waals surface area contributed by atoms with E-state index >= 15 is 0 Å². The molecule has 1 aliphatic heterocycles. The van der Waals surface area contributed by atoms with Crippen molar-refractivity contribution in [3.8, 4) is 0 Å². The monoisotopic (exact) mass is 276 g/mol. The van der Waals surface area contributed by atoms with Gasteiger partial charge in [0.15, 0.2) is 0 Å². The van der Waals surface area contributed by atoms with E-state index in [1.165, 1.54) is 0 Å². The number of nitrogens with one attached hydrogen (secondary N) is 1. The van der Waals surface area contributed by atoms with Crippen molar-refractivity contribution in [3.05, 3.63) is 12.7 Å². The number of amides is 1. The highest BCUT2D eigenvalue weighted by Crippen LogP contribution is 2.17. The third-order valence-electron chi connectivity index (χ3n) is 3.05. The second kappa shape index (κ2) is 10.4. The number of halogens is 1. The van der Waals surface area contributed by atoms with Gasteiger partial charge in [0.05, 0.1) is 6.61 Å². The van der Waals surface area contributed by atoms with Crippen molar-refractivity contribution in [2.45, 2.75) is 31.7 Å². The minimum atomic E-state index is 0. The van der Waals surface area contributed by atoms with Gasteiger partial charge in [0.1, 0.15) is 0 Å². The lowest BCUT2D eigenvalue weighted by atomic mass is 10.2. The topological polar surface area (TPSA) is 41.6 Å². The van der Waals surface area contributed by atoms with Crippen molar-refractivity contribution >= 4 is 18.3 Å². The Balaban J connectivity index is 0.00000289. The summed E-state index contributed by atoms with van der Waals surface area (Å²) in [5.74, 6) is 0.268. The van der Waals surface area contributed by atoms with Crippen LogP contribution in [0.2, 0.25) is 0 Å². The van der Waals surface area contributed by atoms with E-state index < -0.39 is 0 Å². The molecule has 0 aromatic heterocycles. The number of ether oxygens (including phenoxy) is 1. The number of likely N-dealkylation sites (tertiary alicyclic amines) is 1. The number of carbonyl (C=O) groups is 1. The highest BCUT2D eigenvalue weighted by Gasteiger charge is 2.27. The van der Waals surface area contributed by atoms with Crippen molar-refractivity contribution in [1.82, 2.24) is 10.2 Å². The molecule has 1 rings (SSSR count). The van der Waals surface area contributed by atoms with Gasteiger partial charge in [0.25, 0.3) is 0 Å². The molecule has 106 valence electrons. The van der Waals surface area contributed by atoms with Crippen molar-refractivity contribution in [1.29, 1.82) is 0 Å². The molecule has 5 heteroatoms. The molecule has 18 heavy (non-hydrogen) atoms. The fourth-order valence-corrected chi connectivity index (χ4v) is 2.25. The van der Waals surface area contributed by atoms with Gasteiger partial charge in [-0.05, 0) is 26.3 Å². The van der Waals surface area contributed by atoms with Gasteiger partial charge >= 0.3 is 0 Å². The lowest BCUT2D eigenvalue weighted by Gasteiger charge is -2.24. The lowest BCUT2D eigenvalue weighted by molar-refractivity contribution is -0.132. The Kier molecular flexibility index (Phi) is 10.0. The minimum Gasteiger partial charge on any atom is -0.377 e. The smallest absolute Gasteiger partial charge is 0.222 e. The summed E-state index contributed by atoms with van der Waals surface area (Å²) in [6.45, 7) is 6.61. The first kappa shape index (κ1) is 17.4. The van der Waals surface area contributed by atoms with E-state index in [2.05, 4.69) is 11.9 Å². The number of nitrogens with zero attached hydrogens (tertiary/aromatic N) is 1. The molecule has 0 bridgehead atoms. The van der Waals surface area contributed by atoms with Crippen LogP contribution in [0.3, 0.4) is 0 Å². The third kappa shape index (κ3) is 5.85. The van der Waals surface area contributed by atoms with Gasteiger partial charge in [-0.1, -0.05) is 6.08 Å². The molecule has 0 aromatic carbocycles. The van der Waals surface area contributed by atoms with Gasteiger partial charge in [-0.15, -0.1) is 19.0 Å². The van der Waals surface area contributed by atoms with E-state index in [4.69, 9.17) is 4.74 Å². The molecule has 1 fully saturated rings. The van der Waals surface area contributed by atoms with Crippen LogP contribution in [0.1, 0.15) is 25.7 Å². The van der Waals surface area contributed by atoms with Gasteiger partial charge < -0.3 is 15.0 Å². The molecule has 0 spiro atoms. The van der Waals surface area contributed by atoms with Gasteiger partial charge in [-0.2, -0.15) is 0 Å². The minimum absolute atomic E-state index is 0. The summed E-state index contributed by atoms with van der Waals surface area (Å²) < 4.78 is 5.27. The Hall–Kier alpha value is -0.580. The van der Waals surface area contributed by atoms with E-state index in [9.17, 15) is 4.79 Å². The second-order valence-electron chi connectivity index (χ2n) is 4.41. The molecule has 1 saturated heterocycles. The SMILES string of the molecule is C=CCOCCCC(=O)N1CCCC1CNC.Cl. The first-order valence-electron chi connectivity index (χ1n) is 6.42. The molecular weight excluding hydrogens is 252 g/mol. The van der Waals surface area contributed by atoms with Crippen LogP contribution in [0.4, 0.5) is 0 Å². The predicted molar refractivity (Wildman–Crippen MR) is 76.2 cm³/mol. The summed E-state index contributed by atoms with van der Waals surface area (Å²) in [6.07, 6.45) is 5.38. The van der Waals surface area contributed by atoms with Crippen LogP contribution in [0, 0.1) is 0 Å². The summed E-state index contributed by atoms with van der Waals surface area (Å²) in [6, 6.07) is 0.390. The molecule has 1 atom stereocenters. The molecule has 0 saturated carbocycles. The Morgan fingerprint density at radius 2 is 2.39 bits per heavy atom. The van der Waals surface area contributed by atoms with Crippen molar-refractivity contribution in [2.24, 2.45) is 0 Å². The molecule has 1 aliphatic rings. The zero-order chi connectivity index (χ0) is 12.5. The van der Waals surface area contributed by atoms with E-state index in [0.717, 1.165) is 32.4 Å². The van der Waals surface area contributed by atoms with Crippen LogP contribution < -0.4 is 5.32 Å². The highest BCUT2D eigenvalue weighted by atomic mass is 35.5. The average Bonchev–Trinajstić information content (AvgIpc) is 2.77. The first-order chi connectivity index (χ1) is 8.29. The summed E-state index contributed by atoms with van der Waals surface area (Å²) in [7, 11) is 1.93. The van der Waals surface area contributed by atoms with Crippen LogP contribution in [0.15, 0.2) is 12.7 Å². The normalized spacial score (nSPS) is 18.5. The standard InChI is InChI=1S/C13H24N2O2.ClH/c1-3-9-17-10-5-7-13(16)15-8-4-6-12(15)11-14-2;/h3,12,14H,1,4-11H2,2H3;1H. The molecule has 1 unspecified atom stereocenters. The summed E-state index contributed by atoms with van der Waals surface area (Å²) in [5.41, 5.74) is 0. The van der Waals surface area contributed by atoms with E-state index in [0.29, 0.717) is 25.7 Å². The zero-order valence-corrected chi connectivity index (χ0v) is 12.0. The fourth-order valence-electron chi connectivity index (χ4n) is 2.25. The summed E-state index contributed by atoms with van der Waals surface area (Å²) in [5, 5.41) is 3.15. The molecule has 4 nitrogen and oxygen atoms in total. The van der Waals surface area contributed by atoms with Crippen molar-refractivity contribution in [3.63, 3.8) is 0 Å². The molecule has 0 aliphatic carbocycles. The van der Waals surface area contributed by atoms with Crippen molar-refractivity contribution < 1.29 is 9.53 Å². The molecule has 1 amide bonds. The van der Waals surface area contributed by atoms with Gasteiger partial charge in [-0.25, -0.2) is 0 Å². The lowest BCUT2D eigenvalue weighted by Crippen LogP contribution is -2.40. The van der Waals surface area contributed by atoms with Crippen LogP contribution in [0.25, 0.3) is 0 Å². The van der Waals surface area contributed by atoms with Gasteiger partial charge in [-0.3, -0.25) is 4.79 Å². The second-order valence-corrected chi connectivity index (χ2v) is 4.41. The number of hydrogen-bond acceptors (Lipinski definition) is 3. The largest absolute Gasteiger partial charge is 0.377 e. The quantitative estimate of drug-likeness (QED) is 0.541. The predicted octanol–water partition coefficient (Wildman–Crippen LogP) is 1.60. The first-order valence-corrected chi connectivity index (χ1v) is 6.42. The molecule has 0 radical (unpaired) electrons. The van der Waals surface area contributed by atoms with Crippen LogP contribution in [-0.2, 0) is 9.53 Å². The Labute approximate surface area is 116 Å². The van der Waals surface area contributed by atoms with Gasteiger partial charge in [0.2, 0.25) is 5.91 Å². The maximum atomic E-state index is 12.0. The summed E-state index contributed by atoms with van der Waals surface area (Å²) >= 11 is 0. The van der Waals surface area contributed by atoms with Crippen molar-refractivity contribution in [2.75, 3.05) is 33.4 Å². The average molecular weight is 277 g/mol. The highest BCUT2D eigenvalue weighted by molar-refractivity contribution is 5.85. The Morgan fingerprint density at radius 1 is 1.61 bits per heavy atom. The van der Waals surface area contributed by atoms with Crippen LogP contribution >= 0.6 is 12.4 Å². The van der Waals surface area contributed by atoms with Crippen LogP contribution in [0.5, 0.6) is 0 Å². The third-order valence-corrected chi connectivity index (χ3v) is 3.05. The number of likely N-dealkylation sites (N-methyl/N-ethyl adjacent to an activating group) is 1. The maximum absolute atomic E-state index is 12.0. The van der Waals surface area contributed by atoms with E-state index in [1.54, 1.807) is 6.08 Å². The zero-order valence-electron chi connectivity index (χ0n) is 11.2. The summed E-state index contributed by atoms with van der Waals surface area (Å²) in [4.78, 5) is 14.0. The fraction of sp³-hybridized carbons (Fsp3) is 0.769. The van der Waals surface area contributed by atoms with Crippen LogP contribution in [-0.4, -0.2) is 50.2 Å². The molecule has 1 N–H and O–H groups in total. The Bertz CT molecular complexity index is 249. The molecular formula is C13H25ClN2O2. The number of rotatable bonds is 8. The maximum Gasteiger partial charge on any atom is 0.222 e. The van der Waals surface area contributed by atoms with E-state index in [-0.39, 0.29) is 18.3 Å².